The number of likely N-dealkylation sites (N-methyl/N-ethyl adjacent to an activating group) is 1. The molecule has 17 heavy (non-hydrogen) atoms. The van der Waals surface area contributed by atoms with Gasteiger partial charge in [0.1, 0.15) is 5.01 Å². The van der Waals surface area contributed by atoms with E-state index in [9.17, 15) is 4.79 Å². The maximum Gasteiger partial charge on any atom is 0.238 e. The van der Waals surface area contributed by atoms with Crippen molar-refractivity contribution in [3.8, 4) is 0 Å². The van der Waals surface area contributed by atoms with Gasteiger partial charge in [-0.15, -0.1) is 11.3 Å². The van der Waals surface area contributed by atoms with E-state index < -0.39 is 0 Å². The number of nitrogens with zero attached hydrogens (tertiary/aromatic N) is 2. The summed E-state index contributed by atoms with van der Waals surface area (Å²) in [4.78, 5) is 19.0. The van der Waals surface area contributed by atoms with E-state index in [1.807, 2.05) is 20.0 Å². The summed E-state index contributed by atoms with van der Waals surface area (Å²) in [7, 11) is 3.54. The van der Waals surface area contributed by atoms with Gasteiger partial charge in [-0.2, -0.15) is 0 Å². The van der Waals surface area contributed by atoms with Crippen LogP contribution in [0.25, 0.3) is 0 Å². The number of aromatic nitrogens is 1. The van der Waals surface area contributed by atoms with Crippen LogP contribution < -0.4 is 5.32 Å². The lowest BCUT2D eigenvalue weighted by atomic mass is 10.2. The van der Waals surface area contributed by atoms with E-state index in [4.69, 9.17) is 0 Å². The highest BCUT2D eigenvalue weighted by Crippen LogP contribution is 2.20. The van der Waals surface area contributed by atoms with Crippen LogP contribution in [-0.2, 0) is 11.2 Å². The van der Waals surface area contributed by atoms with E-state index in [-0.39, 0.29) is 18.0 Å². The molecule has 0 bridgehead atoms. The molecule has 0 aliphatic heterocycles. The van der Waals surface area contributed by atoms with Crippen molar-refractivity contribution >= 4 is 17.2 Å². The van der Waals surface area contributed by atoms with Crippen LogP contribution >= 0.6 is 11.3 Å². The number of nitrogens with one attached hydrogen (secondary N) is 1. The Kier molecular flexibility index (Phi) is 5.08. The van der Waals surface area contributed by atoms with Gasteiger partial charge in [0.15, 0.2) is 0 Å². The Labute approximate surface area is 107 Å². The molecule has 96 valence electrons. The first-order valence-corrected chi connectivity index (χ1v) is 6.69. The van der Waals surface area contributed by atoms with E-state index in [2.05, 4.69) is 17.2 Å². The van der Waals surface area contributed by atoms with E-state index in [0.29, 0.717) is 0 Å². The quantitative estimate of drug-likeness (QED) is 0.873. The Hall–Kier alpha value is -0.940. The van der Waals surface area contributed by atoms with Crippen molar-refractivity contribution in [2.75, 3.05) is 14.1 Å². The van der Waals surface area contributed by atoms with E-state index in [1.54, 1.807) is 30.3 Å². The lowest BCUT2D eigenvalue weighted by Gasteiger charge is -2.21. The molecule has 1 heterocycles. The van der Waals surface area contributed by atoms with Crippen LogP contribution in [0, 0.1) is 0 Å². The minimum absolute atomic E-state index is 0.0871. The lowest BCUT2D eigenvalue weighted by Crippen LogP contribution is -2.42. The molecule has 1 N–H and O–H groups in total. The van der Waals surface area contributed by atoms with Gasteiger partial charge in [-0.25, -0.2) is 4.98 Å². The molecule has 4 nitrogen and oxygen atoms in total. The molecular weight excluding hydrogens is 234 g/mol. The fourth-order valence-electron chi connectivity index (χ4n) is 1.59. The van der Waals surface area contributed by atoms with Crippen molar-refractivity contribution in [1.82, 2.24) is 15.2 Å². The highest BCUT2D eigenvalue weighted by atomic mass is 32.1. The predicted octanol–water partition coefficient (Wildman–Crippen LogP) is 1.83. The van der Waals surface area contributed by atoms with Crippen molar-refractivity contribution in [3.63, 3.8) is 0 Å². The minimum Gasteiger partial charge on any atom is -0.347 e. The normalized spacial score (nSPS) is 14.4. The number of carbonyl (C=O) groups is 1. The van der Waals surface area contributed by atoms with E-state index in [0.717, 1.165) is 11.4 Å². The number of aryl methyl sites for hydroxylation is 1. The molecule has 0 spiro atoms. The van der Waals surface area contributed by atoms with Gasteiger partial charge in [0, 0.05) is 25.2 Å². The first kappa shape index (κ1) is 14.1. The number of thiazole rings is 1. The number of hydrogen-bond acceptors (Lipinski definition) is 4. The van der Waals surface area contributed by atoms with Gasteiger partial charge >= 0.3 is 0 Å². The number of hydrogen-bond donors (Lipinski definition) is 1. The molecule has 0 aromatic carbocycles. The van der Waals surface area contributed by atoms with Crippen LogP contribution in [0.5, 0.6) is 0 Å². The molecule has 2 unspecified atom stereocenters. The van der Waals surface area contributed by atoms with Gasteiger partial charge < -0.3 is 4.90 Å². The minimum atomic E-state index is -0.186. The Morgan fingerprint density at radius 3 is 2.65 bits per heavy atom. The summed E-state index contributed by atoms with van der Waals surface area (Å²) in [6, 6.07) is -0.0758. The third-order valence-corrected chi connectivity index (χ3v) is 3.93. The summed E-state index contributed by atoms with van der Waals surface area (Å²) in [6.07, 6.45) is 2.92. The fourth-order valence-corrected chi connectivity index (χ4v) is 2.46. The second kappa shape index (κ2) is 6.12. The molecule has 0 saturated carbocycles. The zero-order chi connectivity index (χ0) is 13.0. The predicted molar refractivity (Wildman–Crippen MR) is 71.2 cm³/mol. The van der Waals surface area contributed by atoms with Gasteiger partial charge in [-0.05, 0) is 20.3 Å². The van der Waals surface area contributed by atoms with Gasteiger partial charge in [0.25, 0.3) is 0 Å². The molecule has 0 saturated heterocycles. The topological polar surface area (TPSA) is 45.2 Å². The molecule has 1 aromatic heterocycles. The first-order valence-electron chi connectivity index (χ1n) is 5.87. The second-order valence-electron chi connectivity index (χ2n) is 4.36. The molecule has 2 atom stereocenters. The summed E-state index contributed by atoms with van der Waals surface area (Å²) < 4.78 is 0. The Balaban J connectivity index is 2.59. The second-order valence-corrected chi connectivity index (χ2v) is 5.51. The van der Waals surface area contributed by atoms with E-state index in [1.165, 1.54) is 4.88 Å². The maximum atomic E-state index is 11.7. The van der Waals surface area contributed by atoms with E-state index >= 15 is 0 Å². The monoisotopic (exact) mass is 255 g/mol. The molecule has 1 aromatic rings. The molecule has 0 aliphatic carbocycles. The average molecular weight is 255 g/mol. The van der Waals surface area contributed by atoms with Crippen LogP contribution in [0.2, 0.25) is 0 Å². The zero-order valence-corrected chi connectivity index (χ0v) is 12.0. The number of carbonyl (C=O) groups excluding carboxylic acids is 1. The highest BCUT2D eigenvalue weighted by molar-refractivity contribution is 7.11. The van der Waals surface area contributed by atoms with Gasteiger partial charge in [0.05, 0.1) is 12.1 Å². The third-order valence-electron chi connectivity index (χ3n) is 2.60. The maximum absolute atomic E-state index is 11.7. The standard InChI is InChI=1S/C12H21N3OS/c1-6-10-7-13-11(17-10)8(2)14-9(3)12(16)15(4)5/h7-9,14H,6H2,1-5H3. The van der Waals surface area contributed by atoms with Crippen molar-refractivity contribution < 1.29 is 4.79 Å². The highest BCUT2D eigenvalue weighted by Gasteiger charge is 2.19. The molecule has 5 heteroatoms. The average Bonchev–Trinajstić information content (AvgIpc) is 2.76. The third kappa shape index (κ3) is 3.78. The summed E-state index contributed by atoms with van der Waals surface area (Å²) in [5, 5.41) is 4.31. The summed E-state index contributed by atoms with van der Waals surface area (Å²) in [5.41, 5.74) is 0. The van der Waals surface area contributed by atoms with Crippen molar-refractivity contribution in [2.24, 2.45) is 0 Å². The molecule has 1 amide bonds. The van der Waals surface area contributed by atoms with Gasteiger partial charge in [-0.3, -0.25) is 10.1 Å². The molecular formula is C12H21N3OS. The van der Waals surface area contributed by atoms with Crippen LogP contribution in [0.1, 0.15) is 36.7 Å². The molecule has 1 rings (SSSR count). The molecule has 0 aliphatic rings. The van der Waals surface area contributed by atoms with Gasteiger partial charge in [-0.1, -0.05) is 6.92 Å². The smallest absolute Gasteiger partial charge is 0.238 e. The van der Waals surface area contributed by atoms with Crippen LogP contribution in [0.15, 0.2) is 6.20 Å². The Bertz CT molecular complexity index is 376. The molecule has 0 fully saturated rings. The SMILES string of the molecule is CCc1cnc(C(C)NC(C)C(=O)N(C)C)s1. The fraction of sp³-hybridized carbons (Fsp3) is 0.667. The Morgan fingerprint density at radius 1 is 1.53 bits per heavy atom. The van der Waals surface area contributed by atoms with Crippen molar-refractivity contribution in [3.05, 3.63) is 16.1 Å². The summed E-state index contributed by atoms with van der Waals surface area (Å²) >= 11 is 1.70. The van der Waals surface area contributed by atoms with Crippen LogP contribution in [-0.4, -0.2) is 35.9 Å². The number of amides is 1. The first-order chi connectivity index (χ1) is 7.95. The zero-order valence-electron chi connectivity index (χ0n) is 11.2. The van der Waals surface area contributed by atoms with Crippen molar-refractivity contribution in [2.45, 2.75) is 39.3 Å². The lowest BCUT2D eigenvalue weighted by molar-refractivity contribution is -0.130. The van der Waals surface area contributed by atoms with Gasteiger partial charge in [0.2, 0.25) is 5.91 Å². The van der Waals surface area contributed by atoms with Crippen LogP contribution in [0.4, 0.5) is 0 Å². The van der Waals surface area contributed by atoms with Crippen molar-refractivity contribution in [1.29, 1.82) is 0 Å². The number of rotatable bonds is 5. The van der Waals surface area contributed by atoms with Crippen LogP contribution in [0.3, 0.4) is 0 Å². The largest absolute Gasteiger partial charge is 0.347 e. The Morgan fingerprint density at radius 2 is 2.18 bits per heavy atom. The summed E-state index contributed by atoms with van der Waals surface area (Å²) in [5.74, 6) is 0.0871. The summed E-state index contributed by atoms with van der Waals surface area (Å²) in [6.45, 7) is 6.04. The molecule has 0 radical (unpaired) electrons.